The van der Waals surface area contributed by atoms with Crippen LogP contribution in [-0.4, -0.2) is 21.6 Å². The zero-order valence-corrected chi connectivity index (χ0v) is 17.7. The lowest BCUT2D eigenvalue weighted by Crippen LogP contribution is -2.32. The molecule has 1 fully saturated rings. The fraction of sp³-hybridized carbons (Fsp3) is 0.261. The summed E-state index contributed by atoms with van der Waals surface area (Å²) in [7, 11) is 0. The van der Waals surface area contributed by atoms with E-state index in [9.17, 15) is 4.79 Å². The van der Waals surface area contributed by atoms with Gasteiger partial charge in [0.2, 0.25) is 0 Å². The normalized spacial score (nSPS) is 25.1. The van der Waals surface area contributed by atoms with E-state index < -0.39 is 0 Å². The zero-order valence-electron chi connectivity index (χ0n) is 16.1. The quantitative estimate of drug-likeness (QED) is 0.531. The van der Waals surface area contributed by atoms with Gasteiger partial charge in [-0.1, -0.05) is 19.1 Å². The molecule has 29 heavy (non-hydrogen) atoms. The molecule has 4 nitrogen and oxygen atoms in total. The number of fused-ring (bicyclic) bond motifs is 1. The Morgan fingerprint density at radius 3 is 2.66 bits per heavy atom. The molecule has 0 unspecified atom stereocenters. The topological polar surface area (TPSA) is 45.6 Å². The van der Waals surface area contributed by atoms with Crippen molar-refractivity contribution in [3.63, 3.8) is 0 Å². The minimum absolute atomic E-state index is 0.0415. The number of allylic oxidation sites excluding steroid dienone is 1. The second-order valence-corrected chi connectivity index (χ2v) is 9.63. The van der Waals surface area contributed by atoms with E-state index >= 15 is 0 Å². The number of rotatable bonds is 3. The highest BCUT2D eigenvalue weighted by Crippen LogP contribution is 2.47. The Morgan fingerprint density at radius 1 is 1.14 bits per heavy atom. The first-order valence-corrected chi connectivity index (χ1v) is 11.6. The monoisotopic (exact) mass is 419 g/mol. The van der Waals surface area contributed by atoms with Gasteiger partial charge in [0, 0.05) is 33.6 Å². The van der Waals surface area contributed by atoms with Crippen LogP contribution >= 0.6 is 22.7 Å². The number of hydrogen-bond acceptors (Lipinski definition) is 5. The summed E-state index contributed by atoms with van der Waals surface area (Å²) in [5.74, 6) is 0.730. The molecule has 3 atom stereocenters. The average Bonchev–Trinajstić information content (AvgIpc) is 3.48. The molecule has 1 aliphatic heterocycles. The van der Waals surface area contributed by atoms with E-state index in [1.807, 2.05) is 0 Å². The lowest BCUT2D eigenvalue weighted by atomic mass is 9.74. The maximum absolute atomic E-state index is 13.4. The summed E-state index contributed by atoms with van der Waals surface area (Å²) in [6, 6.07) is 11.9. The van der Waals surface area contributed by atoms with Gasteiger partial charge in [0.05, 0.1) is 11.8 Å². The number of carbonyl (C=O) groups is 1. The van der Waals surface area contributed by atoms with E-state index in [0.717, 1.165) is 18.6 Å². The van der Waals surface area contributed by atoms with Crippen LogP contribution in [0.1, 0.15) is 45.9 Å². The van der Waals surface area contributed by atoms with Gasteiger partial charge in [-0.25, -0.2) is 5.01 Å². The van der Waals surface area contributed by atoms with Crippen molar-refractivity contribution in [2.75, 3.05) is 0 Å². The molecule has 1 saturated carbocycles. The molecule has 3 aromatic rings. The molecule has 1 amide bonds. The molecule has 3 aromatic heterocycles. The Kier molecular flexibility index (Phi) is 4.89. The van der Waals surface area contributed by atoms with Gasteiger partial charge in [-0.15, -0.1) is 22.7 Å². The Morgan fingerprint density at radius 2 is 1.93 bits per heavy atom. The predicted octanol–water partition coefficient (Wildman–Crippen LogP) is 5.89. The van der Waals surface area contributed by atoms with Gasteiger partial charge in [-0.3, -0.25) is 9.78 Å². The summed E-state index contributed by atoms with van der Waals surface area (Å²) >= 11 is 3.44. The highest BCUT2D eigenvalue weighted by atomic mass is 32.1. The van der Waals surface area contributed by atoms with E-state index in [4.69, 9.17) is 5.10 Å². The molecule has 146 valence electrons. The van der Waals surface area contributed by atoms with Crippen molar-refractivity contribution >= 4 is 40.4 Å². The molecule has 0 bridgehead atoms. The number of carbonyl (C=O) groups excluding carboxylic acids is 1. The molecule has 1 aliphatic carbocycles. The fourth-order valence-electron chi connectivity index (χ4n) is 4.37. The van der Waals surface area contributed by atoms with Crippen LogP contribution in [-0.2, 0) is 0 Å². The standard InChI is InChI=1S/C23H21N3OS2/c1-15-12-17(14-18-4-2-10-28-18)21-19(13-15)22(20-5-3-11-29-20)26(25-21)23(27)16-6-8-24-9-7-16/h2-11,14-15,19,22H,12-13H2,1H3/b17-14-/t15-,19+,22-/m1/s1. The number of nitrogens with zero attached hydrogens (tertiary/aromatic N) is 3. The molecule has 0 spiro atoms. The third-order valence-electron chi connectivity index (χ3n) is 5.59. The summed E-state index contributed by atoms with van der Waals surface area (Å²) in [6.45, 7) is 2.30. The summed E-state index contributed by atoms with van der Waals surface area (Å²) in [6.07, 6.45) is 7.63. The second kappa shape index (κ2) is 7.69. The van der Waals surface area contributed by atoms with Crippen LogP contribution in [0.2, 0.25) is 0 Å². The van der Waals surface area contributed by atoms with Crippen LogP contribution in [0.4, 0.5) is 0 Å². The lowest BCUT2D eigenvalue weighted by Gasteiger charge is -2.31. The summed E-state index contributed by atoms with van der Waals surface area (Å²) in [5, 5.41) is 10.8. The highest BCUT2D eigenvalue weighted by Gasteiger charge is 2.45. The van der Waals surface area contributed by atoms with Crippen LogP contribution in [0, 0.1) is 11.8 Å². The molecule has 0 saturated heterocycles. The molecule has 6 heteroatoms. The summed E-state index contributed by atoms with van der Waals surface area (Å²) in [4.78, 5) is 19.9. The van der Waals surface area contributed by atoms with Crippen LogP contribution in [0.3, 0.4) is 0 Å². The van der Waals surface area contributed by atoms with Crippen molar-refractivity contribution in [2.45, 2.75) is 25.8 Å². The Bertz CT molecular complexity index is 1060. The molecular formula is C23H21N3OS2. The lowest BCUT2D eigenvalue weighted by molar-refractivity contribution is 0.0680. The first-order chi connectivity index (χ1) is 14.2. The molecule has 0 radical (unpaired) electrons. The summed E-state index contributed by atoms with van der Waals surface area (Å²) in [5.41, 5.74) is 2.97. The van der Waals surface area contributed by atoms with E-state index in [-0.39, 0.29) is 17.9 Å². The number of thiophene rings is 2. The van der Waals surface area contributed by atoms with E-state index in [1.165, 1.54) is 15.3 Å². The number of hydrogen-bond donors (Lipinski definition) is 0. The van der Waals surface area contributed by atoms with Crippen molar-refractivity contribution < 1.29 is 4.79 Å². The van der Waals surface area contributed by atoms with Gasteiger partial charge < -0.3 is 0 Å². The van der Waals surface area contributed by atoms with Gasteiger partial charge in [0.25, 0.3) is 5.91 Å². The van der Waals surface area contributed by atoms with Crippen LogP contribution in [0.5, 0.6) is 0 Å². The SMILES string of the molecule is C[C@@H]1C/C(=C/c2cccs2)C2=NN(C(=O)c3ccncc3)[C@@H](c3cccs3)[C@H]2C1. The minimum atomic E-state index is -0.0594. The molecule has 0 N–H and O–H groups in total. The van der Waals surface area contributed by atoms with Crippen molar-refractivity contribution in [2.24, 2.45) is 16.9 Å². The third kappa shape index (κ3) is 3.47. The minimum Gasteiger partial charge on any atom is -0.267 e. The number of pyridine rings is 1. The molecule has 5 rings (SSSR count). The van der Waals surface area contributed by atoms with Gasteiger partial charge in [-0.2, -0.15) is 5.10 Å². The molecule has 4 heterocycles. The van der Waals surface area contributed by atoms with Crippen LogP contribution in [0.25, 0.3) is 6.08 Å². The molecule has 0 aromatic carbocycles. The van der Waals surface area contributed by atoms with Crippen LogP contribution < -0.4 is 0 Å². The van der Waals surface area contributed by atoms with Gasteiger partial charge in [-0.05, 0) is 65.4 Å². The summed E-state index contributed by atoms with van der Waals surface area (Å²) < 4.78 is 0. The second-order valence-electron chi connectivity index (χ2n) is 7.67. The first-order valence-electron chi connectivity index (χ1n) is 9.80. The van der Waals surface area contributed by atoms with Gasteiger partial charge in [0.1, 0.15) is 0 Å². The fourth-order valence-corrected chi connectivity index (χ4v) is 5.92. The van der Waals surface area contributed by atoms with E-state index in [0.29, 0.717) is 11.5 Å². The Hall–Kier alpha value is -2.57. The number of hydrazone groups is 1. The van der Waals surface area contributed by atoms with Crippen molar-refractivity contribution in [1.82, 2.24) is 9.99 Å². The van der Waals surface area contributed by atoms with E-state index in [1.54, 1.807) is 52.2 Å². The van der Waals surface area contributed by atoms with Crippen molar-refractivity contribution in [3.8, 4) is 0 Å². The average molecular weight is 420 g/mol. The maximum Gasteiger partial charge on any atom is 0.274 e. The largest absolute Gasteiger partial charge is 0.274 e. The predicted molar refractivity (Wildman–Crippen MR) is 119 cm³/mol. The smallest absolute Gasteiger partial charge is 0.267 e. The first kappa shape index (κ1) is 18.5. The number of aromatic nitrogens is 1. The van der Waals surface area contributed by atoms with E-state index in [2.05, 4.69) is 53.0 Å². The molecular weight excluding hydrogens is 398 g/mol. The maximum atomic E-state index is 13.4. The highest BCUT2D eigenvalue weighted by molar-refractivity contribution is 7.11. The van der Waals surface area contributed by atoms with Crippen LogP contribution in [0.15, 0.2) is 70.2 Å². The van der Waals surface area contributed by atoms with Crippen molar-refractivity contribution in [1.29, 1.82) is 0 Å². The zero-order chi connectivity index (χ0) is 19.8. The third-order valence-corrected chi connectivity index (χ3v) is 7.36. The van der Waals surface area contributed by atoms with Gasteiger partial charge in [0.15, 0.2) is 0 Å². The number of amides is 1. The Balaban J connectivity index is 1.59. The molecule has 2 aliphatic rings. The Labute approximate surface area is 178 Å². The van der Waals surface area contributed by atoms with Gasteiger partial charge >= 0.3 is 0 Å². The van der Waals surface area contributed by atoms with Crippen molar-refractivity contribution in [3.05, 3.63) is 80.4 Å².